The quantitative estimate of drug-likeness (QED) is 0.344. The van der Waals surface area contributed by atoms with E-state index in [9.17, 15) is 18.3 Å². The Balaban J connectivity index is 1.41. The number of esters is 1. The molecule has 11 heteroatoms. The van der Waals surface area contributed by atoms with Gasteiger partial charge < -0.3 is 19.5 Å². The minimum absolute atomic E-state index is 0.0561. The van der Waals surface area contributed by atoms with Crippen molar-refractivity contribution in [1.82, 2.24) is 0 Å². The average molecular weight is 682 g/mol. The highest BCUT2D eigenvalue weighted by atomic mass is 79.9. The van der Waals surface area contributed by atoms with E-state index in [1.807, 2.05) is 18.2 Å². The van der Waals surface area contributed by atoms with E-state index in [0.717, 1.165) is 53.0 Å². The van der Waals surface area contributed by atoms with E-state index in [2.05, 4.69) is 33.0 Å². The number of ether oxygens (including phenoxy) is 2. The predicted molar refractivity (Wildman–Crippen MR) is 168 cm³/mol. The first-order valence-electron chi connectivity index (χ1n) is 14.4. The van der Waals surface area contributed by atoms with Gasteiger partial charge in [0.2, 0.25) is 10.0 Å². The summed E-state index contributed by atoms with van der Waals surface area (Å²) in [5, 5.41) is 17.0. The molecule has 2 aromatic rings. The molecule has 0 bridgehead atoms. The number of carbonyl (C=O) groups excluding carboxylic acids is 1. The van der Waals surface area contributed by atoms with Crippen LogP contribution in [0.5, 0.6) is 5.75 Å². The fourth-order valence-corrected chi connectivity index (χ4v) is 8.04. The van der Waals surface area contributed by atoms with Gasteiger partial charge in [-0.2, -0.15) is 0 Å². The Labute approximate surface area is 261 Å². The number of halogens is 2. The second-order valence-electron chi connectivity index (χ2n) is 11.9. The van der Waals surface area contributed by atoms with E-state index < -0.39 is 22.1 Å². The zero-order valence-electron chi connectivity index (χ0n) is 23.7. The average Bonchev–Trinajstić information content (AvgIpc) is 3.06. The number of fused-ring (bicyclic) bond motifs is 3. The van der Waals surface area contributed by atoms with Gasteiger partial charge in [0.1, 0.15) is 5.75 Å². The maximum absolute atomic E-state index is 12.5. The summed E-state index contributed by atoms with van der Waals surface area (Å²) in [6.07, 6.45) is 6.85. The summed E-state index contributed by atoms with van der Waals surface area (Å²) in [6.45, 7) is 1.93. The molecule has 1 unspecified atom stereocenters. The van der Waals surface area contributed by atoms with Crippen molar-refractivity contribution >= 4 is 49.2 Å². The molecule has 3 aliphatic rings. The zero-order valence-corrected chi connectivity index (χ0v) is 26.9. The second kappa shape index (κ2) is 12.9. The van der Waals surface area contributed by atoms with Crippen LogP contribution >= 0.6 is 27.5 Å². The van der Waals surface area contributed by atoms with Gasteiger partial charge in [-0.05, 0) is 109 Å². The van der Waals surface area contributed by atoms with Crippen LogP contribution in [0.3, 0.4) is 0 Å². The topological polar surface area (TPSA) is 119 Å². The van der Waals surface area contributed by atoms with E-state index in [1.54, 1.807) is 12.1 Å². The molecule has 1 spiro atoms. The molecule has 1 saturated carbocycles. The van der Waals surface area contributed by atoms with Crippen LogP contribution in [0.4, 0.5) is 5.69 Å². The number of nitrogens with zero attached hydrogens (tertiary/aromatic N) is 1. The van der Waals surface area contributed by atoms with Crippen LogP contribution in [0.15, 0.2) is 47.0 Å². The monoisotopic (exact) mass is 680 g/mol. The molecule has 1 heterocycles. The molecule has 5 rings (SSSR count). The van der Waals surface area contributed by atoms with Gasteiger partial charge in [0.15, 0.2) is 0 Å². The van der Waals surface area contributed by atoms with Crippen molar-refractivity contribution in [1.29, 1.82) is 0 Å². The van der Waals surface area contributed by atoms with Gasteiger partial charge in [-0.15, -0.1) is 0 Å². The fraction of sp³-hybridized carbons (Fsp3) is 0.516. The molecule has 8 nitrogen and oxygen atoms in total. The number of anilines is 1. The number of allylic oxidation sites excluding steroid dienone is 1. The number of hydrogen-bond donors (Lipinski definition) is 2. The van der Waals surface area contributed by atoms with Crippen molar-refractivity contribution in [3.63, 3.8) is 0 Å². The Kier molecular flexibility index (Phi) is 9.59. The number of aliphatic hydroxyl groups is 1. The van der Waals surface area contributed by atoms with E-state index in [-0.39, 0.29) is 23.0 Å². The minimum atomic E-state index is -3.52. The van der Waals surface area contributed by atoms with E-state index in [1.165, 1.54) is 18.2 Å². The van der Waals surface area contributed by atoms with Crippen LogP contribution in [-0.4, -0.2) is 58.2 Å². The highest BCUT2D eigenvalue weighted by molar-refractivity contribution is 9.11. The van der Waals surface area contributed by atoms with E-state index in [4.69, 9.17) is 26.2 Å². The van der Waals surface area contributed by atoms with Crippen LogP contribution in [0, 0.1) is 11.8 Å². The number of aliphatic hydroxyl groups excluding tert-OH is 1. The molecule has 228 valence electrons. The van der Waals surface area contributed by atoms with Crippen LogP contribution in [0.2, 0.25) is 5.02 Å². The lowest BCUT2D eigenvalue weighted by molar-refractivity contribution is 0.0455. The Bertz CT molecular complexity index is 1470. The molecule has 4 atom stereocenters. The van der Waals surface area contributed by atoms with Gasteiger partial charge in [-0.1, -0.05) is 33.6 Å². The normalized spacial score (nSPS) is 24.6. The summed E-state index contributed by atoms with van der Waals surface area (Å²) in [5.41, 5.74) is 3.60. The Morgan fingerprint density at radius 1 is 1.31 bits per heavy atom. The van der Waals surface area contributed by atoms with Crippen molar-refractivity contribution in [2.24, 2.45) is 17.0 Å². The molecular formula is C31H38BrClN2O6S. The van der Waals surface area contributed by atoms with Gasteiger partial charge in [0.05, 0.1) is 36.8 Å². The standard InChI is InChI=1S/C31H38BrClN2O6S/c1-40-30(37)21-7-11-29-27(15-21)35(18-31(19-41-29)12-2-4-20-14-24(33)8-10-26(20)31)17-22-6-9-25(22)28(36)16-23(32)5-3-13-42(34,38)39/h7-8,10-11,14-16,22,25,28,36H,2-6,9,12-13,17-19H2,1H3,(H2,34,38,39)/b23-16-/t22-,25+,28?,31-/m0/s1. The summed E-state index contributed by atoms with van der Waals surface area (Å²) in [7, 11) is -2.14. The van der Waals surface area contributed by atoms with Gasteiger partial charge >= 0.3 is 5.97 Å². The number of nitrogens with two attached hydrogens (primary N) is 1. The van der Waals surface area contributed by atoms with Crippen LogP contribution in [-0.2, 0) is 26.6 Å². The third kappa shape index (κ3) is 6.99. The molecule has 0 aromatic heterocycles. The lowest BCUT2D eigenvalue weighted by Gasteiger charge is -2.45. The van der Waals surface area contributed by atoms with E-state index in [0.29, 0.717) is 38.1 Å². The minimum Gasteiger partial charge on any atom is -0.490 e. The second-order valence-corrected chi connectivity index (χ2v) is 15.0. The molecule has 3 N–H and O–H groups in total. The predicted octanol–water partition coefficient (Wildman–Crippen LogP) is 5.33. The number of rotatable bonds is 9. The number of carbonyl (C=O) groups is 1. The Morgan fingerprint density at radius 3 is 2.83 bits per heavy atom. The van der Waals surface area contributed by atoms with Gasteiger partial charge in [-0.3, -0.25) is 0 Å². The van der Waals surface area contributed by atoms with Gasteiger partial charge in [0, 0.05) is 23.5 Å². The van der Waals surface area contributed by atoms with E-state index >= 15 is 0 Å². The first-order valence-corrected chi connectivity index (χ1v) is 17.3. The maximum Gasteiger partial charge on any atom is 0.337 e. The Hall–Kier alpha value is -2.11. The number of sulfonamides is 1. The fourth-order valence-electron chi connectivity index (χ4n) is 6.75. The summed E-state index contributed by atoms with van der Waals surface area (Å²) in [4.78, 5) is 14.8. The number of methoxy groups -OCH3 is 1. The molecule has 0 radical (unpaired) electrons. The molecule has 42 heavy (non-hydrogen) atoms. The molecule has 0 amide bonds. The highest BCUT2D eigenvalue weighted by Gasteiger charge is 2.44. The lowest BCUT2D eigenvalue weighted by atomic mass is 9.68. The summed E-state index contributed by atoms with van der Waals surface area (Å²) < 4.78 is 34.8. The van der Waals surface area contributed by atoms with Crippen LogP contribution in [0.1, 0.15) is 60.0 Å². The van der Waals surface area contributed by atoms with Crippen molar-refractivity contribution in [3.05, 3.63) is 68.7 Å². The molecule has 2 aliphatic carbocycles. The molecule has 1 fully saturated rings. The van der Waals surface area contributed by atoms with Crippen LogP contribution < -0.4 is 14.8 Å². The number of primary sulfonamides is 1. The van der Waals surface area contributed by atoms with Crippen molar-refractivity contribution < 1.29 is 27.8 Å². The lowest BCUT2D eigenvalue weighted by Crippen LogP contribution is -2.49. The zero-order chi connectivity index (χ0) is 30.1. The van der Waals surface area contributed by atoms with Gasteiger partial charge in [-0.25, -0.2) is 18.4 Å². The SMILES string of the molecule is COC(=O)c1ccc2c(c1)N(C[C@@H]1CC[C@H]1C(O)/C=C(\Br)CCCS(N)(=O)=O)C[C@@]1(CCCc3cc(Cl)ccc31)CO2. The first-order chi connectivity index (χ1) is 20.0. The molecule has 2 aromatic carbocycles. The summed E-state index contributed by atoms with van der Waals surface area (Å²) in [6, 6.07) is 11.6. The smallest absolute Gasteiger partial charge is 0.337 e. The van der Waals surface area contributed by atoms with Crippen molar-refractivity contribution in [2.45, 2.75) is 56.5 Å². The molecular weight excluding hydrogens is 644 g/mol. The number of aryl methyl sites for hydroxylation is 1. The Morgan fingerprint density at radius 2 is 2.12 bits per heavy atom. The maximum atomic E-state index is 12.5. The summed E-state index contributed by atoms with van der Waals surface area (Å²) in [5.74, 6) is 0.511. The van der Waals surface area contributed by atoms with Gasteiger partial charge in [0.25, 0.3) is 0 Å². The van der Waals surface area contributed by atoms with Crippen molar-refractivity contribution in [2.75, 3.05) is 37.5 Å². The van der Waals surface area contributed by atoms with Crippen LogP contribution in [0.25, 0.3) is 0 Å². The third-order valence-electron chi connectivity index (χ3n) is 9.02. The highest BCUT2D eigenvalue weighted by Crippen LogP contribution is 2.46. The molecule has 1 aliphatic heterocycles. The third-order valence-corrected chi connectivity index (χ3v) is 10.8. The number of hydrogen-bond acceptors (Lipinski definition) is 7. The largest absolute Gasteiger partial charge is 0.490 e. The summed E-state index contributed by atoms with van der Waals surface area (Å²) >= 11 is 9.87. The number of benzene rings is 2. The van der Waals surface area contributed by atoms with Crippen molar-refractivity contribution in [3.8, 4) is 5.75 Å². The first kappa shape index (κ1) is 31.3. The molecule has 0 saturated heterocycles.